The molecule has 0 unspecified atom stereocenters. The molecule has 1 aromatic rings. The summed E-state index contributed by atoms with van der Waals surface area (Å²) in [6.45, 7) is 1.16. The van der Waals surface area contributed by atoms with Crippen molar-refractivity contribution >= 4 is 16.0 Å². The van der Waals surface area contributed by atoms with Crippen LogP contribution < -0.4 is 0 Å². The van der Waals surface area contributed by atoms with E-state index in [9.17, 15) is 22.0 Å². The van der Waals surface area contributed by atoms with E-state index in [-0.39, 0.29) is 6.61 Å². The van der Waals surface area contributed by atoms with E-state index in [1.165, 1.54) is 0 Å². The summed E-state index contributed by atoms with van der Waals surface area (Å²) in [5.74, 6) is -2.77. The second-order valence-electron chi connectivity index (χ2n) is 3.67. The summed E-state index contributed by atoms with van der Waals surface area (Å²) in [4.78, 5) is 10.6. The molecule has 0 aliphatic rings. The van der Waals surface area contributed by atoms with E-state index < -0.39 is 39.1 Å². The Bertz CT molecular complexity index is 554. The van der Waals surface area contributed by atoms with Gasteiger partial charge in [0.25, 0.3) is 0 Å². The highest BCUT2D eigenvalue weighted by atomic mass is 32.2. The van der Waals surface area contributed by atoms with Crippen molar-refractivity contribution in [2.24, 2.45) is 0 Å². The third kappa shape index (κ3) is 3.97. The predicted molar refractivity (Wildman–Crippen MR) is 62.8 cm³/mol. The number of sulfonamides is 1. The van der Waals surface area contributed by atoms with Crippen LogP contribution in [0.15, 0.2) is 23.1 Å². The largest absolute Gasteiger partial charge is 0.465 e. The fraction of sp³-hybridized carbons (Fsp3) is 0.364. The van der Waals surface area contributed by atoms with Gasteiger partial charge in [-0.2, -0.15) is 4.31 Å². The molecule has 0 saturated heterocycles. The normalized spacial score (nSPS) is 11.6. The van der Waals surface area contributed by atoms with Crippen molar-refractivity contribution in [2.45, 2.75) is 11.8 Å². The number of hydrogen-bond donors (Lipinski definition) is 0. The fourth-order valence-corrected chi connectivity index (χ4v) is 2.49. The van der Waals surface area contributed by atoms with E-state index in [1.807, 2.05) is 0 Å². The number of hydrogen-bond acceptors (Lipinski definition) is 4. The Morgan fingerprint density at radius 1 is 1.26 bits per heavy atom. The van der Waals surface area contributed by atoms with Gasteiger partial charge >= 0.3 is 5.97 Å². The maximum Gasteiger partial charge on any atom is 0.321 e. The highest BCUT2D eigenvalue weighted by Gasteiger charge is 2.24. The van der Waals surface area contributed by atoms with Gasteiger partial charge < -0.3 is 4.74 Å². The highest BCUT2D eigenvalue weighted by Crippen LogP contribution is 2.17. The molecule has 0 N–H and O–H groups in total. The monoisotopic (exact) mass is 293 g/mol. The lowest BCUT2D eigenvalue weighted by molar-refractivity contribution is -0.143. The molecule has 0 atom stereocenters. The van der Waals surface area contributed by atoms with Crippen molar-refractivity contribution in [2.75, 3.05) is 20.2 Å². The molecule has 0 aromatic heterocycles. The minimum Gasteiger partial charge on any atom is -0.465 e. The maximum atomic E-state index is 13.0. The van der Waals surface area contributed by atoms with Crippen molar-refractivity contribution in [3.8, 4) is 0 Å². The third-order valence-corrected chi connectivity index (χ3v) is 3.98. The van der Waals surface area contributed by atoms with Gasteiger partial charge in [-0.05, 0) is 19.1 Å². The Hall–Kier alpha value is -1.54. The molecular weight excluding hydrogens is 280 g/mol. The molecular formula is C11H13F2NO4S. The van der Waals surface area contributed by atoms with E-state index >= 15 is 0 Å². The average Bonchev–Trinajstić information content (AvgIpc) is 2.27. The number of carbonyl (C=O) groups excluding carboxylic acids is 1. The van der Waals surface area contributed by atoms with E-state index in [4.69, 9.17) is 0 Å². The first kappa shape index (κ1) is 15.5. The van der Waals surface area contributed by atoms with E-state index in [2.05, 4.69) is 4.74 Å². The summed E-state index contributed by atoms with van der Waals surface area (Å²) in [5.41, 5.74) is 0. The Morgan fingerprint density at radius 3 is 2.26 bits per heavy atom. The Kier molecular flexibility index (Phi) is 4.96. The molecule has 5 nitrogen and oxygen atoms in total. The molecule has 8 heteroatoms. The number of carbonyl (C=O) groups is 1. The van der Waals surface area contributed by atoms with Gasteiger partial charge in [-0.15, -0.1) is 0 Å². The molecule has 0 bridgehead atoms. The number of nitrogens with zero attached hydrogens (tertiary/aromatic N) is 1. The lowest BCUT2D eigenvalue weighted by Crippen LogP contribution is -2.33. The smallest absolute Gasteiger partial charge is 0.321 e. The Labute approximate surface area is 109 Å². The average molecular weight is 293 g/mol. The quantitative estimate of drug-likeness (QED) is 0.764. The van der Waals surface area contributed by atoms with Crippen molar-refractivity contribution in [1.82, 2.24) is 4.31 Å². The van der Waals surface area contributed by atoms with Crippen LogP contribution >= 0.6 is 0 Å². The molecule has 19 heavy (non-hydrogen) atoms. The molecule has 0 heterocycles. The van der Waals surface area contributed by atoms with Gasteiger partial charge in [-0.25, -0.2) is 17.2 Å². The number of likely N-dealkylation sites (N-methyl/N-ethyl adjacent to an activating group) is 1. The van der Waals surface area contributed by atoms with Crippen LogP contribution in [0.5, 0.6) is 0 Å². The van der Waals surface area contributed by atoms with E-state index in [0.29, 0.717) is 22.5 Å². The zero-order valence-corrected chi connectivity index (χ0v) is 11.2. The van der Waals surface area contributed by atoms with E-state index in [0.717, 1.165) is 7.05 Å². The highest BCUT2D eigenvalue weighted by molar-refractivity contribution is 7.89. The van der Waals surface area contributed by atoms with Gasteiger partial charge in [-0.1, -0.05) is 0 Å². The standard InChI is InChI=1S/C11H13F2NO4S/c1-3-18-11(15)7-14(2)19(16,17)10-5-8(12)4-9(13)6-10/h4-6H,3,7H2,1-2H3. The molecule has 1 rings (SSSR count). The number of esters is 1. The molecule has 0 aliphatic heterocycles. The second kappa shape index (κ2) is 6.07. The summed E-state index contributed by atoms with van der Waals surface area (Å²) in [5, 5.41) is 0. The Morgan fingerprint density at radius 2 is 1.79 bits per heavy atom. The van der Waals surface area contributed by atoms with Crippen molar-refractivity contribution < 1.29 is 26.7 Å². The summed E-state index contributed by atoms with van der Waals surface area (Å²) in [6, 6.07) is 1.92. The minimum atomic E-state index is -4.14. The molecule has 0 spiro atoms. The van der Waals surface area contributed by atoms with Gasteiger partial charge in [0.1, 0.15) is 18.2 Å². The number of benzene rings is 1. The van der Waals surface area contributed by atoms with Crippen LogP contribution in [-0.2, 0) is 19.6 Å². The van der Waals surface area contributed by atoms with Crippen molar-refractivity contribution in [1.29, 1.82) is 0 Å². The minimum absolute atomic E-state index is 0.112. The van der Waals surface area contributed by atoms with Gasteiger partial charge in [-0.3, -0.25) is 4.79 Å². The summed E-state index contributed by atoms with van der Waals surface area (Å²) in [7, 11) is -3.02. The second-order valence-corrected chi connectivity index (χ2v) is 5.72. The first-order chi connectivity index (χ1) is 8.77. The first-order valence-electron chi connectivity index (χ1n) is 5.35. The molecule has 1 aromatic carbocycles. The van der Waals surface area contributed by atoms with E-state index in [1.54, 1.807) is 6.92 Å². The zero-order chi connectivity index (χ0) is 14.6. The van der Waals surface area contributed by atoms with Crippen LogP contribution in [0.1, 0.15) is 6.92 Å². The van der Waals surface area contributed by atoms with Gasteiger partial charge in [0, 0.05) is 13.1 Å². The number of rotatable bonds is 5. The molecule has 0 aliphatic carbocycles. The fourth-order valence-electron chi connectivity index (χ4n) is 1.33. The van der Waals surface area contributed by atoms with Gasteiger partial charge in [0.2, 0.25) is 10.0 Å². The van der Waals surface area contributed by atoms with Crippen LogP contribution in [-0.4, -0.2) is 38.9 Å². The molecule has 0 amide bonds. The van der Waals surface area contributed by atoms with Gasteiger partial charge in [0.05, 0.1) is 11.5 Å². The third-order valence-electron chi connectivity index (χ3n) is 2.20. The summed E-state index contributed by atoms with van der Waals surface area (Å²) >= 11 is 0. The SMILES string of the molecule is CCOC(=O)CN(C)S(=O)(=O)c1cc(F)cc(F)c1. The number of halogens is 2. The topological polar surface area (TPSA) is 63.7 Å². The van der Waals surface area contributed by atoms with Crippen molar-refractivity contribution in [3.63, 3.8) is 0 Å². The number of ether oxygens (including phenoxy) is 1. The molecule has 106 valence electrons. The van der Waals surface area contributed by atoms with Crippen LogP contribution in [0.3, 0.4) is 0 Å². The van der Waals surface area contributed by atoms with Crippen molar-refractivity contribution in [3.05, 3.63) is 29.8 Å². The summed E-state index contributed by atoms with van der Waals surface area (Å²) in [6.07, 6.45) is 0. The molecule has 0 radical (unpaired) electrons. The summed E-state index contributed by atoms with van der Waals surface area (Å²) < 4.78 is 55.2. The Balaban J connectivity index is 2.99. The molecule has 0 saturated carbocycles. The lowest BCUT2D eigenvalue weighted by atomic mass is 10.3. The van der Waals surface area contributed by atoms with Gasteiger partial charge in [0.15, 0.2) is 0 Å². The maximum absolute atomic E-state index is 13.0. The molecule has 0 fully saturated rings. The predicted octanol–water partition coefficient (Wildman–Crippen LogP) is 1.15. The van der Waals surface area contributed by atoms with Crippen LogP contribution in [0, 0.1) is 11.6 Å². The van der Waals surface area contributed by atoms with Crippen LogP contribution in [0.4, 0.5) is 8.78 Å². The zero-order valence-electron chi connectivity index (χ0n) is 10.4. The van der Waals surface area contributed by atoms with Crippen LogP contribution in [0.25, 0.3) is 0 Å². The van der Waals surface area contributed by atoms with Crippen LogP contribution in [0.2, 0.25) is 0 Å². The first-order valence-corrected chi connectivity index (χ1v) is 6.79. The lowest BCUT2D eigenvalue weighted by Gasteiger charge is -2.16.